The van der Waals surface area contributed by atoms with E-state index in [1.807, 2.05) is 25.6 Å². The van der Waals surface area contributed by atoms with Gasteiger partial charge in [-0.05, 0) is 20.8 Å². The molecule has 16 heavy (non-hydrogen) atoms. The van der Waals surface area contributed by atoms with Crippen LogP contribution in [0.15, 0.2) is 22.3 Å². The Kier molecular flexibility index (Phi) is 3.36. The highest BCUT2D eigenvalue weighted by Crippen LogP contribution is 2.21. The largest absolute Gasteiger partial charge is 0.444 e. The maximum absolute atomic E-state index is 5.48. The molecule has 0 fully saturated rings. The molecule has 2 unspecified atom stereocenters. The van der Waals surface area contributed by atoms with E-state index >= 15 is 0 Å². The van der Waals surface area contributed by atoms with Crippen molar-refractivity contribution < 1.29 is 4.42 Å². The maximum atomic E-state index is 5.48. The Labute approximate surface area is 98.7 Å². The molecule has 2 aromatic rings. The fourth-order valence-electron chi connectivity index (χ4n) is 1.54. The summed E-state index contributed by atoms with van der Waals surface area (Å²) < 4.78 is 5.48. The summed E-state index contributed by atoms with van der Waals surface area (Å²) in [7, 11) is 0. The van der Waals surface area contributed by atoms with Crippen LogP contribution in [-0.2, 0) is 0 Å². The zero-order chi connectivity index (χ0) is 11.5. The summed E-state index contributed by atoms with van der Waals surface area (Å²) in [4.78, 5) is 9.49. The SMILES string of the molecule is Cc1cnc(C(C)NC(C)c2cncs2)o1. The molecule has 2 rings (SSSR count). The van der Waals surface area contributed by atoms with E-state index < -0.39 is 0 Å². The van der Waals surface area contributed by atoms with Crippen LogP contribution in [0.1, 0.15) is 42.5 Å². The minimum Gasteiger partial charge on any atom is -0.444 e. The summed E-state index contributed by atoms with van der Waals surface area (Å²) in [5.41, 5.74) is 1.84. The van der Waals surface area contributed by atoms with Gasteiger partial charge in [-0.1, -0.05) is 0 Å². The quantitative estimate of drug-likeness (QED) is 0.888. The maximum Gasteiger partial charge on any atom is 0.211 e. The van der Waals surface area contributed by atoms with Gasteiger partial charge in [0.15, 0.2) is 0 Å². The highest BCUT2D eigenvalue weighted by atomic mass is 32.1. The molecule has 5 heteroatoms. The molecule has 2 atom stereocenters. The number of hydrogen-bond acceptors (Lipinski definition) is 5. The third kappa shape index (κ3) is 2.48. The van der Waals surface area contributed by atoms with Gasteiger partial charge in [0.05, 0.1) is 17.7 Å². The molecule has 0 aliphatic rings. The van der Waals surface area contributed by atoms with E-state index in [1.165, 1.54) is 4.88 Å². The van der Waals surface area contributed by atoms with Crippen molar-refractivity contribution in [2.45, 2.75) is 32.9 Å². The smallest absolute Gasteiger partial charge is 0.211 e. The van der Waals surface area contributed by atoms with Gasteiger partial charge in [-0.15, -0.1) is 11.3 Å². The molecule has 1 N–H and O–H groups in total. The number of nitrogens with zero attached hydrogens (tertiary/aromatic N) is 2. The molecule has 0 amide bonds. The number of thiazole rings is 1. The standard InChI is InChI=1S/C11H15N3OS/c1-7-4-13-11(15-7)9(3)14-8(2)10-5-12-6-16-10/h4-6,8-9,14H,1-3H3. The molecule has 0 aliphatic carbocycles. The molecule has 2 heterocycles. The first-order valence-electron chi connectivity index (χ1n) is 5.23. The summed E-state index contributed by atoms with van der Waals surface area (Å²) in [5.74, 6) is 1.57. The second-order valence-electron chi connectivity index (χ2n) is 3.82. The Morgan fingerprint density at radius 3 is 2.69 bits per heavy atom. The van der Waals surface area contributed by atoms with Gasteiger partial charge in [0.25, 0.3) is 0 Å². The number of aromatic nitrogens is 2. The van der Waals surface area contributed by atoms with Gasteiger partial charge in [0.2, 0.25) is 5.89 Å². The van der Waals surface area contributed by atoms with Gasteiger partial charge in [-0.2, -0.15) is 0 Å². The molecular weight excluding hydrogens is 222 g/mol. The monoisotopic (exact) mass is 237 g/mol. The van der Waals surface area contributed by atoms with Gasteiger partial charge in [0, 0.05) is 17.1 Å². The fourth-order valence-corrected chi connectivity index (χ4v) is 2.18. The highest BCUT2D eigenvalue weighted by molar-refractivity contribution is 7.09. The van der Waals surface area contributed by atoms with Crippen LogP contribution >= 0.6 is 11.3 Å². The van der Waals surface area contributed by atoms with Crippen molar-refractivity contribution >= 4 is 11.3 Å². The van der Waals surface area contributed by atoms with E-state index in [2.05, 4.69) is 22.2 Å². The molecule has 0 radical (unpaired) electrons. The van der Waals surface area contributed by atoms with Gasteiger partial charge in [-0.25, -0.2) is 4.98 Å². The first kappa shape index (κ1) is 11.3. The molecule has 0 aromatic carbocycles. The van der Waals surface area contributed by atoms with Crippen molar-refractivity contribution in [3.8, 4) is 0 Å². The minimum absolute atomic E-state index is 0.103. The fraction of sp³-hybridized carbons (Fsp3) is 0.455. The molecular formula is C11H15N3OS. The zero-order valence-electron chi connectivity index (χ0n) is 9.60. The topological polar surface area (TPSA) is 51.0 Å². The summed E-state index contributed by atoms with van der Waals surface area (Å²) in [5, 5.41) is 3.43. The van der Waals surface area contributed by atoms with Crippen molar-refractivity contribution in [3.63, 3.8) is 0 Å². The van der Waals surface area contributed by atoms with Crippen molar-refractivity contribution in [2.24, 2.45) is 0 Å². The number of nitrogens with one attached hydrogen (secondary N) is 1. The van der Waals surface area contributed by atoms with Crippen LogP contribution in [0.25, 0.3) is 0 Å². The molecule has 86 valence electrons. The van der Waals surface area contributed by atoms with Gasteiger partial charge in [0.1, 0.15) is 5.76 Å². The molecule has 4 nitrogen and oxygen atoms in total. The van der Waals surface area contributed by atoms with E-state index in [4.69, 9.17) is 4.42 Å². The predicted octanol–water partition coefficient (Wildman–Crippen LogP) is 2.85. The lowest BCUT2D eigenvalue weighted by molar-refractivity contribution is 0.382. The van der Waals surface area contributed by atoms with Gasteiger partial charge in [-0.3, -0.25) is 10.3 Å². The lowest BCUT2D eigenvalue weighted by Gasteiger charge is -2.15. The second kappa shape index (κ2) is 4.76. The highest BCUT2D eigenvalue weighted by Gasteiger charge is 2.15. The minimum atomic E-state index is 0.103. The van der Waals surface area contributed by atoms with Gasteiger partial charge < -0.3 is 4.42 Å². The lowest BCUT2D eigenvalue weighted by atomic mass is 10.2. The Balaban J connectivity index is 2.00. The van der Waals surface area contributed by atoms with Crippen LogP contribution in [-0.4, -0.2) is 9.97 Å². The number of aryl methyl sites for hydroxylation is 1. The van der Waals surface area contributed by atoms with Crippen LogP contribution in [0.3, 0.4) is 0 Å². The summed E-state index contributed by atoms with van der Waals surface area (Å²) >= 11 is 1.65. The second-order valence-corrected chi connectivity index (χ2v) is 4.74. The lowest BCUT2D eigenvalue weighted by Crippen LogP contribution is -2.22. The normalized spacial score (nSPS) is 14.9. The van der Waals surface area contributed by atoms with Crippen molar-refractivity contribution in [1.29, 1.82) is 0 Å². The van der Waals surface area contributed by atoms with E-state index in [0.29, 0.717) is 0 Å². The van der Waals surface area contributed by atoms with Crippen LogP contribution in [0.5, 0.6) is 0 Å². The number of oxazole rings is 1. The average molecular weight is 237 g/mol. The summed E-state index contributed by atoms with van der Waals surface area (Å²) in [6.07, 6.45) is 3.63. The summed E-state index contributed by atoms with van der Waals surface area (Å²) in [6.45, 7) is 6.05. The van der Waals surface area contributed by atoms with Gasteiger partial charge >= 0.3 is 0 Å². The number of hydrogen-bond donors (Lipinski definition) is 1. The first-order valence-corrected chi connectivity index (χ1v) is 6.11. The van der Waals surface area contributed by atoms with Crippen molar-refractivity contribution in [2.75, 3.05) is 0 Å². The van der Waals surface area contributed by atoms with E-state index in [0.717, 1.165) is 11.7 Å². The van der Waals surface area contributed by atoms with Crippen molar-refractivity contribution in [3.05, 3.63) is 34.4 Å². The van der Waals surface area contributed by atoms with Crippen LogP contribution in [0, 0.1) is 6.92 Å². The third-order valence-electron chi connectivity index (χ3n) is 2.39. The Morgan fingerprint density at radius 1 is 1.31 bits per heavy atom. The zero-order valence-corrected chi connectivity index (χ0v) is 10.4. The molecule has 2 aromatic heterocycles. The number of rotatable bonds is 4. The molecule has 0 spiro atoms. The van der Waals surface area contributed by atoms with E-state index in [-0.39, 0.29) is 12.1 Å². The molecule has 0 aliphatic heterocycles. The van der Waals surface area contributed by atoms with Crippen LogP contribution in [0.4, 0.5) is 0 Å². The van der Waals surface area contributed by atoms with Crippen LogP contribution in [0.2, 0.25) is 0 Å². The third-order valence-corrected chi connectivity index (χ3v) is 3.35. The Hall–Kier alpha value is -1.20. The Morgan fingerprint density at radius 2 is 2.12 bits per heavy atom. The Bertz CT molecular complexity index is 438. The predicted molar refractivity (Wildman–Crippen MR) is 63.3 cm³/mol. The van der Waals surface area contributed by atoms with Crippen LogP contribution < -0.4 is 5.32 Å². The first-order chi connectivity index (χ1) is 7.66. The summed E-state index contributed by atoms with van der Waals surface area (Å²) in [6, 6.07) is 0.362. The molecule has 0 saturated heterocycles. The van der Waals surface area contributed by atoms with E-state index in [1.54, 1.807) is 17.5 Å². The molecule has 0 bridgehead atoms. The molecule has 0 saturated carbocycles. The van der Waals surface area contributed by atoms with E-state index in [9.17, 15) is 0 Å². The van der Waals surface area contributed by atoms with Crippen molar-refractivity contribution in [1.82, 2.24) is 15.3 Å². The average Bonchev–Trinajstić information content (AvgIpc) is 2.87.